The van der Waals surface area contributed by atoms with Gasteiger partial charge in [-0.3, -0.25) is 0 Å². The molecule has 0 saturated carbocycles. The molecule has 7 nitrogen and oxygen atoms in total. The van der Waals surface area contributed by atoms with Crippen LogP contribution in [0, 0.1) is 12.7 Å². The van der Waals surface area contributed by atoms with Gasteiger partial charge in [0.25, 0.3) is 0 Å². The summed E-state index contributed by atoms with van der Waals surface area (Å²) < 4.78 is 24.7. The molecule has 1 aromatic heterocycles. The van der Waals surface area contributed by atoms with Crippen LogP contribution < -0.4 is 15.5 Å². The van der Waals surface area contributed by atoms with Gasteiger partial charge in [-0.2, -0.15) is 0 Å². The lowest BCUT2D eigenvalue weighted by atomic mass is 10.1. The molecule has 2 atom stereocenters. The number of carbonyl (C=O) groups excluding carboxylic acids is 1. The van der Waals surface area contributed by atoms with Crippen molar-refractivity contribution in [2.24, 2.45) is 0 Å². The van der Waals surface area contributed by atoms with E-state index in [-0.39, 0.29) is 18.5 Å². The van der Waals surface area contributed by atoms with E-state index < -0.39 is 6.09 Å². The summed E-state index contributed by atoms with van der Waals surface area (Å²) in [5.41, 5.74) is 2.19. The molecule has 0 radical (unpaired) electrons. The number of benzene rings is 2. The van der Waals surface area contributed by atoms with Gasteiger partial charge < -0.3 is 19.7 Å². The highest BCUT2D eigenvalue weighted by Crippen LogP contribution is 2.31. The Morgan fingerprint density at radius 2 is 2.12 bits per heavy atom. The Morgan fingerprint density at radius 1 is 1.28 bits per heavy atom. The summed E-state index contributed by atoms with van der Waals surface area (Å²) in [6, 6.07) is 10.8. The van der Waals surface area contributed by atoms with Crippen molar-refractivity contribution in [1.82, 2.24) is 15.3 Å². The van der Waals surface area contributed by atoms with E-state index in [9.17, 15) is 9.18 Å². The minimum Gasteiger partial charge on any atom is -0.447 e. The molecule has 1 aliphatic heterocycles. The van der Waals surface area contributed by atoms with Crippen molar-refractivity contribution in [2.75, 3.05) is 38.3 Å². The summed E-state index contributed by atoms with van der Waals surface area (Å²) in [5, 5.41) is 4.48. The van der Waals surface area contributed by atoms with E-state index in [1.807, 2.05) is 31.2 Å². The molecule has 32 heavy (non-hydrogen) atoms. The highest BCUT2D eigenvalue weighted by molar-refractivity contribution is 7.28. The van der Waals surface area contributed by atoms with Crippen molar-refractivity contribution in [2.45, 2.75) is 19.4 Å². The fourth-order valence-corrected chi connectivity index (χ4v) is 4.23. The molecule has 1 fully saturated rings. The molecular weight excluding hydrogens is 430 g/mol. The van der Waals surface area contributed by atoms with Crippen LogP contribution in [0.4, 0.5) is 15.0 Å². The molecule has 1 aliphatic rings. The Balaban J connectivity index is 1.64. The van der Waals surface area contributed by atoms with Crippen LogP contribution >= 0.6 is 9.24 Å². The number of nitrogens with zero attached hydrogens (tertiary/aromatic N) is 3. The monoisotopic (exact) mass is 456 g/mol. The number of methoxy groups -OCH3 is 1. The van der Waals surface area contributed by atoms with Crippen LogP contribution in [0.15, 0.2) is 36.4 Å². The number of carbonyl (C=O) groups is 1. The van der Waals surface area contributed by atoms with E-state index in [1.165, 1.54) is 6.07 Å². The van der Waals surface area contributed by atoms with Gasteiger partial charge in [0.05, 0.1) is 23.7 Å². The zero-order valence-electron chi connectivity index (χ0n) is 18.1. The smallest absolute Gasteiger partial charge is 0.407 e. The Kier molecular flexibility index (Phi) is 6.82. The summed E-state index contributed by atoms with van der Waals surface area (Å²) in [5.74, 6) is 0.710. The van der Waals surface area contributed by atoms with Gasteiger partial charge in [-0.15, -0.1) is 9.24 Å². The SMILES string of the molecule is COCCOC(=O)N[C@@H]1CCN(c2nc(-c3c(F)cccc3P)nc3cc(C)ccc23)C1. The van der Waals surface area contributed by atoms with Crippen LogP contribution in [0.25, 0.3) is 22.3 Å². The molecule has 0 spiro atoms. The number of aromatic nitrogens is 2. The quantitative estimate of drug-likeness (QED) is 0.454. The minimum atomic E-state index is -0.461. The lowest BCUT2D eigenvalue weighted by Gasteiger charge is -2.21. The summed E-state index contributed by atoms with van der Waals surface area (Å²) in [4.78, 5) is 23.6. The Morgan fingerprint density at radius 3 is 2.91 bits per heavy atom. The van der Waals surface area contributed by atoms with Crippen molar-refractivity contribution in [3.05, 3.63) is 47.8 Å². The Bertz CT molecular complexity index is 1120. The third kappa shape index (κ3) is 4.81. The first-order chi connectivity index (χ1) is 15.5. The second kappa shape index (κ2) is 9.76. The zero-order valence-corrected chi connectivity index (χ0v) is 19.3. The van der Waals surface area contributed by atoms with Gasteiger partial charge in [-0.1, -0.05) is 18.2 Å². The van der Waals surface area contributed by atoms with E-state index in [1.54, 1.807) is 13.2 Å². The number of amides is 1. The van der Waals surface area contributed by atoms with Crippen molar-refractivity contribution in [1.29, 1.82) is 0 Å². The van der Waals surface area contributed by atoms with Crippen LogP contribution in [0.1, 0.15) is 12.0 Å². The number of ether oxygens (including phenoxy) is 2. The normalized spacial score (nSPS) is 15.9. The maximum absolute atomic E-state index is 14.7. The van der Waals surface area contributed by atoms with Gasteiger partial charge >= 0.3 is 6.09 Å². The predicted octanol–water partition coefficient (Wildman–Crippen LogP) is 3.20. The number of anilines is 1. The number of halogens is 1. The van der Waals surface area contributed by atoms with Crippen molar-refractivity contribution < 1.29 is 18.7 Å². The van der Waals surface area contributed by atoms with Gasteiger partial charge in [0.15, 0.2) is 5.82 Å². The van der Waals surface area contributed by atoms with Gasteiger partial charge in [0.1, 0.15) is 18.2 Å². The van der Waals surface area contributed by atoms with E-state index >= 15 is 0 Å². The Hall–Kier alpha value is -2.83. The van der Waals surface area contributed by atoms with Gasteiger partial charge in [0.2, 0.25) is 0 Å². The van der Waals surface area contributed by atoms with Crippen LogP contribution in [-0.2, 0) is 9.47 Å². The maximum atomic E-state index is 14.7. The molecule has 0 aliphatic carbocycles. The maximum Gasteiger partial charge on any atom is 0.407 e. The van der Waals surface area contributed by atoms with Gasteiger partial charge in [-0.25, -0.2) is 19.2 Å². The van der Waals surface area contributed by atoms with E-state index in [4.69, 9.17) is 14.5 Å². The summed E-state index contributed by atoms with van der Waals surface area (Å²) >= 11 is 0. The first-order valence-corrected chi connectivity index (χ1v) is 11.0. The number of alkyl carbamates (subject to hydrolysis) is 1. The molecule has 0 bridgehead atoms. The summed E-state index contributed by atoms with van der Waals surface area (Å²) in [6.45, 7) is 3.83. The van der Waals surface area contributed by atoms with Crippen LogP contribution in [0.2, 0.25) is 0 Å². The molecule has 1 unspecified atom stereocenters. The second-order valence-electron chi connectivity index (χ2n) is 7.80. The molecule has 1 amide bonds. The molecule has 3 aromatic rings. The topological polar surface area (TPSA) is 76.6 Å². The second-order valence-corrected chi connectivity index (χ2v) is 8.42. The molecular formula is C23H26FN4O3P. The molecule has 9 heteroatoms. The number of hydrogen-bond donors (Lipinski definition) is 1. The fourth-order valence-electron chi connectivity index (χ4n) is 3.85. The number of nitrogens with one attached hydrogen (secondary N) is 1. The summed E-state index contributed by atoms with van der Waals surface area (Å²) in [7, 11) is 4.11. The predicted molar refractivity (Wildman–Crippen MR) is 126 cm³/mol. The van der Waals surface area contributed by atoms with E-state index in [0.29, 0.717) is 36.4 Å². The van der Waals surface area contributed by atoms with Gasteiger partial charge in [0, 0.05) is 25.6 Å². The lowest BCUT2D eigenvalue weighted by Crippen LogP contribution is -2.38. The number of rotatable bonds is 6. The highest BCUT2D eigenvalue weighted by Gasteiger charge is 2.27. The fraction of sp³-hybridized carbons (Fsp3) is 0.348. The first-order valence-electron chi connectivity index (χ1n) is 10.5. The average molecular weight is 456 g/mol. The molecule has 2 heterocycles. The third-order valence-electron chi connectivity index (χ3n) is 5.43. The largest absolute Gasteiger partial charge is 0.447 e. The first kappa shape index (κ1) is 22.4. The molecule has 1 N–H and O–H groups in total. The third-order valence-corrected chi connectivity index (χ3v) is 5.91. The molecule has 168 valence electrons. The van der Waals surface area contributed by atoms with Crippen molar-refractivity contribution in [3.8, 4) is 11.4 Å². The molecule has 2 aromatic carbocycles. The van der Waals surface area contributed by atoms with Crippen LogP contribution in [-0.4, -0.2) is 55.5 Å². The summed E-state index contributed by atoms with van der Waals surface area (Å²) in [6.07, 6.45) is 0.289. The van der Waals surface area contributed by atoms with Crippen molar-refractivity contribution in [3.63, 3.8) is 0 Å². The average Bonchev–Trinajstić information content (AvgIpc) is 3.21. The van der Waals surface area contributed by atoms with Gasteiger partial charge in [-0.05, 0) is 42.4 Å². The van der Waals surface area contributed by atoms with E-state index in [2.05, 4.69) is 24.4 Å². The number of hydrogen-bond acceptors (Lipinski definition) is 6. The molecule has 4 rings (SSSR count). The standard InChI is InChI=1S/C23H26FN4O3P/c1-14-6-7-16-18(12-14)26-21(20-17(24)4-3-5-19(20)32)27-22(16)28-9-8-15(13-28)25-23(29)31-11-10-30-2/h3-7,12,15H,8-11,13,32H2,1-2H3,(H,25,29)/t15-/m1/s1. The zero-order chi connectivity index (χ0) is 22.7. The van der Waals surface area contributed by atoms with E-state index in [0.717, 1.165) is 28.7 Å². The van der Waals surface area contributed by atoms with Crippen LogP contribution in [0.3, 0.4) is 0 Å². The number of aryl methyl sites for hydroxylation is 1. The van der Waals surface area contributed by atoms with Crippen molar-refractivity contribution >= 4 is 37.4 Å². The highest BCUT2D eigenvalue weighted by atomic mass is 31.0. The van der Waals surface area contributed by atoms with Crippen LogP contribution in [0.5, 0.6) is 0 Å². The lowest BCUT2D eigenvalue weighted by molar-refractivity contribution is 0.0969. The Labute approximate surface area is 188 Å². The molecule has 1 saturated heterocycles. The minimum absolute atomic E-state index is 0.0743. The number of fused-ring (bicyclic) bond motifs is 1.